The Bertz CT molecular complexity index is 652. The highest BCUT2D eigenvalue weighted by Crippen LogP contribution is 2.26. The fourth-order valence-electron chi connectivity index (χ4n) is 1.52. The SMILES string of the molecule is COc1cc(Nc2ncc(C#N)cc2N)ccc1F. The molecule has 6 heteroatoms. The molecule has 19 heavy (non-hydrogen) atoms. The second kappa shape index (κ2) is 5.23. The molecule has 1 heterocycles. The Balaban J connectivity index is 2.29. The largest absolute Gasteiger partial charge is 0.494 e. The van der Waals surface area contributed by atoms with E-state index in [2.05, 4.69) is 10.3 Å². The van der Waals surface area contributed by atoms with Crippen LogP contribution < -0.4 is 15.8 Å². The number of hydrogen-bond acceptors (Lipinski definition) is 5. The molecule has 0 saturated carbocycles. The van der Waals surface area contributed by atoms with Crippen molar-refractivity contribution in [3.8, 4) is 11.8 Å². The number of rotatable bonds is 3. The summed E-state index contributed by atoms with van der Waals surface area (Å²) in [6.45, 7) is 0. The molecule has 0 bridgehead atoms. The summed E-state index contributed by atoms with van der Waals surface area (Å²) in [4.78, 5) is 4.03. The Kier molecular flexibility index (Phi) is 3.48. The minimum Gasteiger partial charge on any atom is -0.494 e. The van der Waals surface area contributed by atoms with Crippen molar-refractivity contribution in [3.63, 3.8) is 0 Å². The Morgan fingerprint density at radius 3 is 2.84 bits per heavy atom. The topological polar surface area (TPSA) is 84.0 Å². The van der Waals surface area contributed by atoms with Gasteiger partial charge in [-0.05, 0) is 18.2 Å². The van der Waals surface area contributed by atoms with Crippen molar-refractivity contribution in [2.45, 2.75) is 0 Å². The predicted molar refractivity (Wildman–Crippen MR) is 69.6 cm³/mol. The zero-order valence-electron chi connectivity index (χ0n) is 10.1. The minimum atomic E-state index is -0.450. The van der Waals surface area contributed by atoms with Crippen LogP contribution in [0.1, 0.15) is 5.56 Å². The highest BCUT2D eigenvalue weighted by atomic mass is 19.1. The van der Waals surface area contributed by atoms with E-state index in [1.165, 1.54) is 37.6 Å². The first kappa shape index (κ1) is 12.6. The first-order valence-electron chi connectivity index (χ1n) is 5.40. The highest BCUT2D eigenvalue weighted by Gasteiger charge is 2.06. The molecule has 1 aromatic carbocycles. The summed E-state index contributed by atoms with van der Waals surface area (Å²) in [6.07, 6.45) is 1.40. The fraction of sp³-hybridized carbons (Fsp3) is 0.0769. The third kappa shape index (κ3) is 2.72. The molecule has 0 spiro atoms. The van der Waals surface area contributed by atoms with Gasteiger partial charge in [0.05, 0.1) is 18.4 Å². The lowest BCUT2D eigenvalue weighted by Gasteiger charge is -2.10. The predicted octanol–water partition coefficient (Wildman–Crippen LogP) is 2.43. The summed E-state index contributed by atoms with van der Waals surface area (Å²) in [7, 11) is 1.39. The van der Waals surface area contributed by atoms with Gasteiger partial charge in [0.15, 0.2) is 17.4 Å². The van der Waals surface area contributed by atoms with Crippen LogP contribution in [0.2, 0.25) is 0 Å². The van der Waals surface area contributed by atoms with Gasteiger partial charge in [-0.3, -0.25) is 0 Å². The van der Waals surface area contributed by atoms with Crippen LogP contribution in [-0.2, 0) is 0 Å². The average molecular weight is 258 g/mol. The number of nitrogens with one attached hydrogen (secondary N) is 1. The lowest BCUT2D eigenvalue weighted by molar-refractivity contribution is 0.387. The third-order valence-corrected chi connectivity index (χ3v) is 2.46. The van der Waals surface area contributed by atoms with Crippen molar-refractivity contribution in [2.24, 2.45) is 0 Å². The first-order valence-corrected chi connectivity index (χ1v) is 5.40. The number of anilines is 3. The zero-order chi connectivity index (χ0) is 13.8. The lowest BCUT2D eigenvalue weighted by Crippen LogP contribution is -2.00. The smallest absolute Gasteiger partial charge is 0.165 e. The Morgan fingerprint density at radius 2 is 2.21 bits per heavy atom. The Morgan fingerprint density at radius 1 is 1.42 bits per heavy atom. The maximum Gasteiger partial charge on any atom is 0.165 e. The number of methoxy groups -OCH3 is 1. The molecule has 2 aromatic rings. The zero-order valence-corrected chi connectivity index (χ0v) is 10.1. The summed E-state index contributed by atoms with van der Waals surface area (Å²) in [5.74, 6) is 0.0682. The first-order chi connectivity index (χ1) is 9.13. The Labute approximate surface area is 109 Å². The van der Waals surface area contributed by atoms with Crippen LogP contribution in [0.3, 0.4) is 0 Å². The molecular formula is C13H11FN4O. The maximum absolute atomic E-state index is 13.3. The molecule has 0 radical (unpaired) electrons. The van der Waals surface area contributed by atoms with Gasteiger partial charge in [-0.1, -0.05) is 0 Å². The van der Waals surface area contributed by atoms with Gasteiger partial charge >= 0.3 is 0 Å². The number of hydrogen-bond donors (Lipinski definition) is 2. The van der Waals surface area contributed by atoms with Gasteiger partial charge in [-0.25, -0.2) is 9.37 Å². The van der Waals surface area contributed by atoms with E-state index in [-0.39, 0.29) is 5.75 Å². The number of halogens is 1. The van der Waals surface area contributed by atoms with Crippen molar-refractivity contribution in [1.29, 1.82) is 5.26 Å². The van der Waals surface area contributed by atoms with Gasteiger partial charge in [-0.2, -0.15) is 5.26 Å². The van der Waals surface area contributed by atoms with Crippen LogP contribution in [0.15, 0.2) is 30.5 Å². The number of benzene rings is 1. The minimum absolute atomic E-state index is 0.122. The second-order valence-corrected chi connectivity index (χ2v) is 3.75. The summed E-state index contributed by atoms with van der Waals surface area (Å²) >= 11 is 0. The average Bonchev–Trinajstić information content (AvgIpc) is 2.43. The number of nitriles is 1. The third-order valence-electron chi connectivity index (χ3n) is 2.46. The van der Waals surface area contributed by atoms with Crippen molar-refractivity contribution >= 4 is 17.2 Å². The van der Waals surface area contributed by atoms with Gasteiger partial charge in [0.1, 0.15) is 6.07 Å². The van der Waals surface area contributed by atoms with Crippen LogP contribution in [0, 0.1) is 17.1 Å². The number of nitrogens with zero attached hydrogens (tertiary/aromatic N) is 2. The maximum atomic E-state index is 13.3. The number of nitrogens with two attached hydrogens (primary N) is 1. The normalized spacial score (nSPS) is 9.74. The van der Waals surface area contributed by atoms with Crippen molar-refractivity contribution in [2.75, 3.05) is 18.2 Å². The molecular weight excluding hydrogens is 247 g/mol. The van der Waals surface area contributed by atoms with E-state index in [1.54, 1.807) is 0 Å². The second-order valence-electron chi connectivity index (χ2n) is 3.75. The van der Waals surface area contributed by atoms with E-state index in [9.17, 15) is 4.39 Å². The van der Waals surface area contributed by atoms with Crippen LogP contribution in [0.5, 0.6) is 5.75 Å². The van der Waals surface area contributed by atoms with Crippen LogP contribution in [0.4, 0.5) is 21.6 Å². The summed E-state index contributed by atoms with van der Waals surface area (Å²) in [5, 5.41) is 11.7. The molecule has 1 aromatic heterocycles. The molecule has 0 saturated heterocycles. The number of aromatic nitrogens is 1. The van der Waals surface area contributed by atoms with E-state index in [0.717, 1.165) is 0 Å². The monoisotopic (exact) mass is 258 g/mol. The molecule has 2 rings (SSSR count). The molecule has 0 fully saturated rings. The van der Waals surface area contributed by atoms with Crippen molar-refractivity contribution < 1.29 is 9.13 Å². The molecule has 3 N–H and O–H groups in total. The quantitative estimate of drug-likeness (QED) is 0.883. The number of nitrogen functional groups attached to an aromatic ring is 1. The van der Waals surface area contributed by atoms with Crippen LogP contribution in [0.25, 0.3) is 0 Å². The van der Waals surface area contributed by atoms with E-state index in [4.69, 9.17) is 15.7 Å². The summed E-state index contributed by atoms with van der Waals surface area (Å²) in [6, 6.07) is 7.77. The number of pyridine rings is 1. The van der Waals surface area contributed by atoms with Crippen LogP contribution >= 0.6 is 0 Å². The molecule has 5 nitrogen and oxygen atoms in total. The number of ether oxygens (including phenoxy) is 1. The highest BCUT2D eigenvalue weighted by molar-refractivity contribution is 5.70. The molecule has 0 atom stereocenters. The van der Waals surface area contributed by atoms with Gasteiger partial charge in [-0.15, -0.1) is 0 Å². The molecule has 0 unspecified atom stereocenters. The van der Waals surface area contributed by atoms with E-state index in [1.807, 2.05) is 6.07 Å². The summed E-state index contributed by atoms with van der Waals surface area (Å²) < 4.78 is 18.1. The standard InChI is InChI=1S/C13H11FN4O/c1-19-12-5-9(2-3-10(12)14)18-13-11(16)4-8(6-15)7-17-13/h2-5,7H,16H2,1H3,(H,17,18). The molecule has 96 valence electrons. The lowest BCUT2D eigenvalue weighted by atomic mass is 10.2. The molecule has 0 aliphatic carbocycles. The van der Waals surface area contributed by atoms with Crippen molar-refractivity contribution in [1.82, 2.24) is 4.98 Å². The van der Waals surface area contributed by atoms with Crippen LogP contribution in [-0.4, -0.2) is 12.1 Å². The fourth-order valence-corrected chi connectivity index (χ4v) is 1.52. The van der Waals surface area contributed by atoms with Gasteiger partial charge in [0.25, 0.3) is 0 Å². The van der Waals surface area contributed by atoms with E-state index in [0.29, 0.717) is 22.8 Å². The van der Waals surface area contributed by atoms with Gasteiger partial charge < -0.3 is 15.8 Å². The molecule has 0 amide bonds. The summed E-state index contributed by atoms with van der Waals surface area (Å²) in [5.41, 5.74) is 7.06. The van der Waals surface area contributed by atoms with Crippen molar-refractivity contribution in [3.05, 3.63) is 41.8 Å². The molecule has 0 aliphatic rings. The van der Waals surface area contributed by atoms with Gasteiger partial charge in [0.2, 0.25) is 0 Å². The van der Waals surface area contributed by atoms with Gasteiger partial charge in [0, 0.05) is 18.0 Å². The van der Waals surface area contributed by atoms with E-state index < -0.39 is 5.82 Å². The van der Waals surface area contributed by atoms with E-state index >= 15 is 0 Å². The Hall–Kier alpha value is -2.81. The molecule has 0 aliphatic heterocycles.